The van der Waals surface area contributed by atoms with E-state index in [1.807, 2.05) is 13.0 Å². The Labute approximate surface area is 140 Å². The molecule has 0 spiro atoms. The number of sulfonamides is 1. The van der Waals surface area contributed by atoms with Crippen molar-refractivity contribution >= 4 is 27.5 Å². The number of hydrogen-bond donors (Lipinski definition) is 2. The normalized spacial score (nSPS) is 11.2. The Morgan fingerprint density at radius 2 is 1.78 bits per heavy atom. The molecule has 0 aliphatic heterocycles. The Balaban J connectivity index is 1.89. The summed E-state index contributed by atoms with van der Waals surface area (Å²) in [5, 5.41) is 2.82. The van der Waals surface area contributed by atoms with Gasteiger partial charge in [0.05, 0.1) is 5.02 Å². The minimum atomic E-state index is -3.70. The fraction of sp³-hybridized carbons (Fsp3) is 0.188. The molecule has 23 heavy (non-hydrogen) atoms. The predicted molar refractivity (Wildman–Crippen MR) is 90.2 cm³/mol. The van der Waals surface area contributed by atoms with Crippen LogP contribution in [0, 0.1) is 6.92 Å². The maximum atomic E-state index is 12.2. The maximum Gasteiger partial charge on any atom is 0.251 e. The predicted octanol–water partition coefficient (Wildman–Crippen LogP) is 2.36. The third-order valence-electron chi connectivity index (χ3n) is 3.12. The summed E-state index contributed by atoms with van der Waals surface area (Å²) in [6.45, 7) is 2.08. The molecular formula is C16H17ClN2O3S. The topological polar surface area (TPSA) is 75.3 Å². The highest BCUT2D eigenvalue weighted by molar-refractivity contribution is 7.89. The number of hydrogen-bond acceptors (Lipinski definition) is 3. The fourth-order valence-electron chi connectivity index (χ4n) is 1.95. The first-order chi connectivity index (χ1) is 10.9. The molecule has 2 N–H and O–H groups in total. The van der Waals surface area contributed by atoms with Crippen molar-refractivity contribution < 1.29 is 13.2 Å². The highest BCUT2D eigenvalue weighted by Crippen LogP contribution is 2.21. The zero-order chi connectivity index (χ0) is 16.9. The van der Waals surface area contributed by atoms with Crippen molar-refractivity contribution in [3.63, 3.8) is 0 Å². The number of benzene rings is 2. The van der Waals surface area contributed by atoms with Gasteiger partial charge in [-0.3, -0.25) is 4.79 Å². The van der Waals surface area contributed by atoms with Crippen molar-refractivity contribution in [3.05, 3.63) is 64.7 Å². The molecule has 2 aromatic rings. The summed E-state index contributed by atoms with van der Waals surface area (Å²) in [6, 6.07) is 13.4. The number of rotatable bonds is 6. The first-order valence-electron chi connectivity index (χ1n) is 6.99. The van der Waals surface area contributed by atoms with E-state index in [1.165, 1.54) is 6.07 Å². The van der Waals surface area contributed by atoms with Crippen LogP contribution in [0.4, 0.5) is 0 Å². The Morgan fingerprint density at radius 1 is 1.09 bits per heavy atom. The van der Waals surface area contributed by atoms with Crippen molar-refractivity contribution in [2.45, 2.75) is 11.8 Å². The molecule has 0 fully saturated rings. The second kappa shape index (κ2) is 7.59. The summed E-state index contributed by atoms with van der Waals surface area (Å²) in [5.74, 6) is -0.252. The second-order valence-electron chi connectivity index (χ2n) is 4.95. The van der Waals surface area contributed by atoms with Gasteiger partial charge in [0.15, 0.2) is 0 Å². The average molecular weight is 353 g/mol. The summed E-state index contributed by atoms with van der Waals surface area (Å²) in [7, 11) is -3.70. The van der Waals surface area contributed by atoms with Crippen LogP contribution in [0.3, 0.4) is 0 Å². The molecule has 2 aromatic carbocycles. The lowest BCUT2D eigenvalue weighted by atomic mass is 10.2. The molecule has 0 radical (unpaired) electrons. The molecule has 2 rings (SSSR count). The van der Waals surface area contributed by atoms with Gasteiger partial charge < -0.3 is 5.32 Å². The number of halogens is 1. The van der Waals surface area contributed by atoms with Crippen LogP contribution < -0.4 is 10.0 Å². The van der Waals surface area contributed by atoms with E-state index < -0.39 is 10.0 Å². The highest BCUT2D eigenvalue weighted by Gasteiger charge is 2.17. The molecule has 0 saturated carbocycles. The molecular weight excluding hydrogens is 336 g/mol. The van der Waals surface area contributed by atoms with Crippen molar-refractivity contribution in [2.24, 2.45) is 0 Å². The van der Waals surface area contributed by atoms with Crippen molar-refractivity contribution in [3.8, 4) is 0 Å². The van der Waals surface area contributed by atoms with E-state index >= 15 is 0 Å². The van der Waals surface area contributed by atoms with Gasteiger partial charge in [0.1, 0.15) is 4.90 Å². The van der Waals surface area contributed by atoms with Gasteiger partial charge in [-0.25, -0.2) is 13.1 Å². The van der Waals surface area contributed by atoms with Crippen LogP contribution in [0.2, 0.25) is 5.02 Å². The molecule has 7 heteroatoms. The van der Waals surface area contributed by atoms with E-state index in [9.17, 15) is 13.2 Å². The standard InChI is InChI=1S/C16H17ClN2O3S/c1-12-7-8-15(14(17)11-12)23(21,22)19-10-9-18-16(20)13-5-3-2-4-6-13/h2-8,11,19H,9-10H2,1H3,(H,18,20). The van der Waals surface area contributed by atoms with E-state index in [0.29, 0.717) is 5.56 Å². The van der Waals surface area contributed by atoms with Crippen LogP contribution >= 0.6 is 11.6 Å². The largest absolute Gasteiger partial charge is 0.351 e. The molecule has 0 saturated heterocycles. The molecule has 122 valence electrons. The van der Waals surface area contributed by atoms with Gasteiger partial charge in [-0.1, -0.05) is 35.9 Å². The molecule has 0 aromatic heterocycles. The van der Waals surface area contributed by atoms with Crippen LogP contribution in [0.5, 0.6) is 0 Å². The van der Waals surface area contributed by atoms with Gasteiger partial charge >= 0.3 is 0 Å². The lowest BCUT2D eigenvalue weighted by Gasteiger charge is -2.09. The smallest absolute Gasteiger partial charge is 0.251 e. The maximum absolute atomic E-state index is 12.2. The molecule has 0 aliphatic carbocycles. The van der Waals surface area contributed by atoms with Gasteiger partial charge in [0, 0.05) is 18.7 Å². The van der Waals surface area contributed by atoms with Gasteiger partial charge in [0.25, 0.3) is 5.91 Å². The first-order valence-corrected chi connectivity index (χ1v) is 8.85. The zero-order valence-corrected chi connectivity index (χ0v) is 14.1. The molecule has 0 unspecified atom stereocenters. The van der Waals surface area contributed by atoms with Gasteiger partial charge in [-0.15, -0.1) is 0 Å². The van der Waals surface area contributed by atoms with Crippen LogP contribution in [0.15, 0.2) is 53.4 Å². The number of carbonyl (C=O) groups is 1. The molecule has 0 bridgehead atoms. The SMILES string of the molecule is Cc1ccc(S(=O)(=O)NCCNC(=O)c2ccccc2)c(Cl)c1. The first kappa shape index (κ1) is 17.5. The summed E-state index contributed by atoms with van der Waals surface area (Å²) in [6.07, 6.45) is 0. The summed E-state index contributed by atoms with van der Waals surface area (Å²) >= 11 is 5.97. The Kier molecular flexibility index (Phi) is 5.76. The van der Waals surface area contributed by atoms with E-state index in [2.05, 4.69) is 10.0 Å². The minimum Gasteiger partial charge on any atom is -0.351 e. The second-order valence-corrected chi connectivity index (χ2v) is 7.10. The highest BCUT2D eigenvalue weighted by atomic mass is 35.5. The van der Waals surface area contributed by atoms with Crippen LogP contribution in [0.25, 0.3) is 0 Å². The quantitative estimate of drug-likeness (QED) is 0.784. The molecule has 0 atom stereocenters. The molecule has 0 heterocycles. The van der Waals surface area contributed by atoms with Crippen LogP contribution in [-0.2, 0) is 10.0 Å². The van der Waals surface area contributed by atoms with E-state index in [-0.39, 0.29) is 28.9 Å². The minimum absolute atomic E-state index is 0.0270. The fourth-order valence-corrected chi connectivity index (χ4v) is 3.58. The van der Waals surface area contributed by atoms with Crippen molar-refractivity contribution in [1.29, 1.82) is 0 Å². The Hall–Kier alpha value is -1.89. The summed E-state index contributed by atoms with van der Waals surface area (Å²) in [4.78, 5) is 11.8. The number of carbonyl (C=O) groups excluding carboxylic acids is 1. The lowest BCUT2D eigenvalue weighted by molar-refractivity contribution is 0.0954. The number of aryl methyl sites for hydroxylation is 1. The lowest BCUT2D eigenvalue weighted by Crippen LogP contribution is -2.34. The van der Waals surface area contributed by atoms with E-state index in [1.54, 1.807) is 36.4 Å². The third-order valence-corrected chi connectivity index (χ3v) is 5.06. The molecule has 1 amide bonds. The molecule has 0 aliphatic rings. The van der Waals surface area contributed by atoms with Crippen molar-refractivity contribution in [2.75, 3.05) is 13.1 Å². The zero-order valence-electron chi connectivity index (χ0n) is 12.5. The van der Waals surface area contributed by atoms with Crippen LogP contribution in [0.1, 0.15) is 15.9 Å². The number of amides is 1. The van der Waals surface area contributed by atoms with Gasteiger partial charge in [-0.05, 0) is 36.8 Å². The summed E-state index contributed by atoms with van der Waals surface area (Å²) in [5.41, 5.74) is 1.40. The van der Waals surface area contributed by atoms with Gasteiger partial charge in [0.2, 0.25) is 10.0 Å². The molecule has 5 nitrogen and oxygen atoms in total. The Bertz CT molecular complexity index is 792. The third kappa shape index (κ3) is 4.79. The monoisotopic (exact) mass is 352 g/mol. The van der Waals surface area contributed by atoms with E-state index in [0.717, 1.165) is 5.56 Å². The van der Waals surface area contributed by atoms with Crippen LogP contribution in [-0.4, -0.2) is 27.4 Å². The number of nitrogens with one attached hydrogen (secondary N) is 2. The average Bonchev–Trinajstić information content (AvgIpc) is 2.52. The van der Waals surface area contributed by atoms with E-state index in [4.69, 9.17) is 11.6 Å². The Morgan fingerprint density at radius 3 is 2.43 bits per heavy atom. The summed E-state index contributed by atoms with van der Waals surface area (Å²) < 4.78 is 26.8. The van der Waals surface area contributed by atoms with Crippen molar-refractivity contribution in [1.82, 2.24) is 10.0 Å². The van der Waals surface area contributed by atoms with Gasteiger partial charge in [-0.2, -0.15) is 0 Å².